The number of hydrogen-bond donors (Lipinski definition) is 1. The van der Waals surface area contributed by atoms with Crippen molar-refractivity contribution in [2.45, 2.75) is 38.4 Å². The second kappa shape index (κ2) is 6.83. The minimum absolute atomic E-state index is 0.633. The largest absolute Gasteiger partial charge is 0.478 e. The first kappa shape index (κ1) is 13.5. The van der Waals surface area contributed by atoms with Gasteiger partial charge in [0.15, 0.2) is 0 Å². The first-order valence-corrected chi connectivity index (χ1v) is 7.66. The average molecular weight is 267 g/mol. The number of rotatable bonds is 5. The molecule has 1 saturated heterocycles. The second-order valence-corrected chi connectivity index (χ2v) is 5.88. The molecule has 1 aromatic rings. The van der Waals surface area contributed by atoms with E-state index < -0.39 is 0 Å². The zero-order valence-electron chi connectivity index (χ0n) is 11.1. The first-order chi connectivity index (χ1) is 8.78. The van der Waals surface area contributed by atoms with Crippen LogP contribution in [0.25, 0.3) is 0 Å². The number of anilines is 1. The minimum Gasteiger partial charge on any atom is -0.478 e. The molecule has 1 aromatic heterocycles. The monoisotopic (exact) mass is 267 g/mol. The Hall–Kier alpha value is -0.970. The molecule has 0 amide bonds. The van der Waals surface area contributed by atoms with E-state index in [1.54, 1.807) is 0 Å². The lowest BCUT2D eigenvalue weighted by molar-refractivity contribution is 0.326. The van der Waals surface area contributed by atoms with E-state index >= 15 is 0 Å². The summed E-state index contributed by atoms with van der Waals surface area (Å²) < 4.78 is 5.42. The zero-order valence-corrected chi connectivity index (χ0v) is 11.9. The van der Waals surface area contributed by atoms with E-state index in [-0.39, 0.29) is 0 Å². The molecular weight excluding hydrogens is 246 g/mol. The molecule has 5 heteroatoms. The molecule has 0 radical (unpaired) electrons. The molecule has 0 saturated carbocycles. The highest BCUT2D eigenvalue weighted by Crippen LogP contribution is 2.25. The molecule has 1 atom stereocenters. The Labute approximate surface area is 113 Å². The van der Waals surface area contributed by atoms with Gasteiger partial charge in [-0.15, -0.1) is 0 Å². The zero-order chi connectivity index (χ0) is 12.8. The number of nitrogens with one attached hydrogen (secondary N) is 1. The highest BCUT2D eigenvalue weighted by molar-refractivity contribution is 7.99. The lowest BCUT2D eigenvalue weighted by Gasteiger charge is -2.21. The van der Waals surface area contributed by atoms with Gasteiger partial charge < -0.3 is 10.1 Å². The van der Waals surface area contributed by atoms with Crippen LogP contribution >= 0.6 is 11.8 Å². The summed E-state index contributed by atoms with van der Waals surface area (Å²) in [7, 11) is 0. The van der Waals surface area contributed by atoms with Gasteiger partial charge in [0.2, 0.25) is 11.8 Å². The molecule has 1 N–H and O–H groups in total. The van der Waals surface area contributed by atoms with Crippen LogP contribution in [0.15, 0.2) is 6.07 Å². The second-order valence-electron chi connectivity index (χ2n) is 4.47. The third-order valence-electron chi connectivity index (χ3n) is 2.88. The standard InChI is InChI=1S/C13H21N3OS/c1-3-17-12-8-10(2)15-13(16-12)14-9-11-6-4-5-7-18-11/h8,11H,3-7,9H2,1-2H3,(H,14,15,16). The van der Waals surface area contributed by atoms with Crippen molar-refractivity contribution in [2.75, 3.05) is 24.2 Å². The van der Waals surface area contributed by atoms with Crippen LogP contribution in [0.5, 0.6) is 5.88 Å². The predicted molar refractivity (Wildman–Crippen MR) is 76.5 cm³/mol. The van der Waals surface area contributed by atoms with Crippen LogP contribution < -0.4 is 10.1 Å². The summed E-state index contributed by atoms with van der Waals surface area (Å²) in [5, 5.41) is 4.02. The Kier molecular flexibility index (Phi) is 5.11. The topological polar surface area (TPSA) is 47.0 Å². The van der Waals surface area contributed by atoms with E-state index in [0.717, 1.165) is 12.2 Å². The van der Waals surface area contributed by atoms with Crippen molar-refractivity contribution < 1.29 is 4.74 Å². The van der Waals surface area contributed by atoms with E-state index in [4.69, 9.17) is 4.74 Å². The Morgan fingerprint density at radius 1 is 1.44 bits per heavy atom. The van der Waals surface area contributed by atoms with Gasteiger partial charge in [-0.25, -0.2) is 4.98 Å². The Morgan fingerprint density at radius 2 is 2.33 bits per heavy atom. The van der Waals surface area contributed by atoms with Crippen LogP contribution in [0.3, 0.4) is 0 Å². The number of aromatic nitrogens is 2. The summed E-state index contributed by atoms with van der Waals surface area (Å²) >= 11 is 2.05. The van der Waals surface area contributed by atoms with Crippen molar-refractivity contribution >= 4 is 17.7 Å². The van der Waals surface area contributed by atoms with E-state index in [1.807, 2.05) is 19.9 Å². The Morgan fingerprint density at radius 3 is 3.06 bits per heavy atom. The molecule has 1 aliphatic rings. The molecule has 2 rings (SSSR count). The molecule has 1 fully saturated rings. The van der Waals surface area contributed by atoms with Crippen LogP contribution in [0.1, 0.15) is 31.9 Å². The highest BCUT2D eigenvalue weighted by atomic mass is 32.2. The van der Waals surface area contributed by atoms with Gasteiger partial charge in [0, 0.05) is 23.6 Å². The maximum Gasteiger partial charge on any atom is 0.226 e. The van der Waals surface area contributed by atoms with Gasteiger partial charge >= 0.3 is 0 Å². The summed E-state index contributed by atoms with van der Waals surface area (Å²) in [6.45, 7) is 5.50. The number of thioether (sulfide) groups is 1. The van der Waals surface area contributed by atoms with Crippen LogP contribution in [-0.2, 0) is 0 Å². The lowest BCUT2D eigenvalue weighted by atomic mass is 10.2. The Bertz CT molecular complexity index is 380. The summed E-state index contributed by atoms with van der Waals surface area (Å²) in [4.78, 5) is 8.74. The Balaban J connectivity index is 1.91. The van der Waals surface area contributed by atoms with Gasteiger partial charge in [0.05, 0.1) is 6.61 Å². The third kappa shape index (κ3) is 4.05. The van der Waals surface area contributed by atoms with Gasteiger partial charge in [0.1, 0.15) is 0 Å². The van der Waals surface area contributed by atoms with E-state index in [1.165, 1.54) is 25.0 Å². The molecular formula is C13H21N3OS. The van der Waals surface area contributed by atoms with Gasteiger partial charge in [0.25, 0.3) is 0 Å². The summed E-state index contributed by atoms with van der Waals surface area (Å²) in [6.07, 6.45) is 4.00. The molecule has 18 heavy (non-hydrogen) atoms. The van der Waals surface area contributed by atoms with Gasteiger partial charge in [-0.05, 0) is 32.4 Å². The number of aryl methyl sites for hydroxylation is 1. The molecule has 0 aromatic carbocycles. The third-order valence-corrected chi connectivity index (χ3v) is 4.28. The fourth-order valence-electron chi connectivity index (χ4n) is 2.01. The summed E-state index contributed by atoms with van der Waals surface area (Å²) in [5.74, 6) is 2.62. The fourth-order valence-corrected chi connectivity index (χ4v) is 3.25. The van der Waals surface area contributed by atoms with Crippen molar-refractivity contribution in [2.24, 2.45) is 0 Å². The van der Waals surface area contributed by atoms with Crippen molar-refractivity contribution in [3.63, 3.8) is 0 Å². The van der Waals surface area contributed by atoms with Crippen LogP contribution in [0.2, 0.25) is 0 Å². The van der Waals surface area contributed by atoms with Gasteiger partial charge in [-0.3, -0.25) is 0 Å². The molecule has 0 spiro atoms. The van der Waals surface area contributed by atoms with Gasteiger partial charge in [-0.1, -0.05) is 6.42 Å². The lowest BCUT2D eigenvalue weighted by Crippen LogP contribution is -2.21. The molecule has 0 bridgehead atoms. The smallest absolute Gasteiger partial charge is 0.226 e. The molecule has 4 nitrogen and oxygen atoms in total. The van der Waals surface area contributed by atoms with Crippen LogP contribution in [0, 0.1) is 6.92 Å². The quantitative estimate of drug-likeness (QED) is 0.889. The number of ether oxygens (including phenoxy) is 1. The molecule has 0 aliphatic carbocycles. The molecule has 100 valence electrons. The minimum atomic E-state index is 0.633. The van der Waals surface area contributed by atoms with E-state index in [9.17, 15) is 0 Å². The van der Waals surface area contributed by atoms with Crippen LogP contribution in [-0.4, -0.2) is 34.1 Å². The summed E-state index contributed by atoms with van der Waals surface area (Å²) in [5.41, 5.74) is 0.937. The van der Waals surface area contributed by atoms with Crippen molar-refractivity contribution in [1.29, 1.82) is 0 Å². The molecule has 1 unspecified atom stereocenters. The number of nitrogens with zero attached hydrogens (tertiary/aromatic N) is 2. The SMILES string of the molecule is CCOc1cc(C)nc(NCC2CCCCS2)n1. The molecule has 2 heterocycles. The predicted octanol–water partition coefficient (Wildman–Crippen LogP) is 2.88. The summed E-state index contributed by atoms with van der Waals surface area (Å²) in [6, 6.07) is 1.87. The first-order valence-electron chi connectivity index (χ1n) is 6.62. The van der Waals surface area contributed by atoms with E-state index in [2.05, 4.69) is 27.0 Å². The fraction of sp³-hybridized carbons (Fsp3) is 0.692. The normalized spacial score (nSPS) is 19.6. The van der Waals surface area contributed by atoms with Gasteiger partial charge in [-0.2, -0.15) is 16.7 Å². The highest BCUT2D eigenvalue weighted by Gasteiger charge is 2.14. The number of hydrogen-bond acceptors (Lipinski definition) is 5. The van der Waals surface area contributed by atoms with Crippen molar-refractivity contribution in [3.05, 3.63) is 11.8 Å². The van der Waals surface area contributed by atoms with Crippen LogP contribution in [0.4, 0.5) is 5.95 Å². The molecule has 1 aliphatic heterocycles. The maximum atomic E-state index is 5.42. The van der Waals surface area contributed by atoms with Crippen molar-refractivity contribution in [3.8, 4) is 5.88 Å². The van der Waals surface area contributed by atoms with Crippen molar-refractivity contribution in [1.82, 2.24) is 9.97 Å². The maximum absolute atomic E-state index is 5.42. The average Bonchev–Trinajstić information content (AvgIpc) is 2.37. The van der Waals surface area contributed by atoms with E-state index in [0.29, 0.717) is 23.7 Å².